The second kappa shape index (κ2) is 10.7. The SMILES string of the molecule is CCCc1nc2ccc(Br)cc2c(=O)n1N=Cc1cn(CC(=O)Nc2ccc(Cl)cc2)c2ccccc12. The van der Waals surface area contributed by atoms with Gasteiger partial charge < -0.3 is 9.88 Å². The van der Waals surface area contributed by atoms with Crippen LogP contribution in [0.4, 0.5) is 5.69 Å². The van der Waals surface area contributed by atoms with E-state index in [4.69, 9.17) is 16.6 Å². The Morgan fingerprint density at radius 1 is 1.11 bits per heavy atom. The molecule has 1 N–H and O–H groups in total. The Kier molecular flexibility index (Phi) is 7.21. The largest absolute Gasteiger partial charge is 0.337 e. The molecule has 5 aromatic rings. The number of amides is 1. The summed E-state index contributed by atoms with van der Waals surface area (Å²) in [7, 11) is 0. The van der Waals surface area contributed by atoms with Crippen molar-refractivity contribution in [3.63, 3.8) is 0 Å². The van der Waals surface area contributed by atoms with E-state index in [1.165, 1.54) is 4.68 Å². The fourth-order valence-corrected chi connectivity index (χ4v) is 4.70. The van der Waals surface area contributed by atoms with Gasteiger partial charge in [-0.05, 0) is 55.0 Å². The monoisotopic (exact) mass is 575 g/mol. The molecule has 5 rings (SSSR count). The van der Waals surface area contributed by atoms with Gasteiger partial charge in [0, 0.05) is 44.3 Å². The lowest BCUT2D eigenvalue weighted by atomic mass is 10.2. The van der Waals surface area contributed by atoms with Crippen LogP contribution in [-0.4, -0.2) is 26.3 Å². The lowest BCUT2D eigenvalue weighted by molar-refractivity contribution is -0.116. The number of hydrogen-bond donors (Lipinski definition) is 1. The molecule has 1 amide bonds. The van der Waals surface area contributed by atoms with E-state index in [0.29, 0.717) is 33.9 Å². The third kappa shape index (κ3) is 5.35. The van der Waals surface area contributed by atoms with Gasteiger partial charge in [0.05, 0.1) is 17.1 Å². The van der Waals surface area contributed by atoms with Crippen LogP contribution in [0, 0.1) is 0 Å². The molecule has 0 radical (unpaired) electrons. The van der Waals surface area contributed by atoms with Crippen molar-refractivity contribution in [2.24, 2.45) is 5.10 Å². The molecule has 37 heavy (non-hydrogen) atoms. The van der Waals surface area contributed by atoms with Crippen molar-refractivity contribution < 1.29 is 4.79 Å². The Bertz CT molecular complexity index is 1710. The average molecular weight is 577 g/mol. The number of aromatic nitrogens is 3. The van der Waals surface area contributed by atoms with Gasteiger partial charge in [0.15, 0.2) is 0 Å². The molecule has 0 bridgehead atoms. The minimum Gasteiger partial charge on any atom is -0.337 e. The normalized spacial score (nSPS) is 11.5. The predicted octanol–water partition coefficient (Wildman–Crippen LogP) is 6.24. The highest BCUT2D eigenvalue weighted by Gasteiger charge is 2.13. The summed E-state index contributed by atoms with van der Waals surface area (Å²) in [4.78, 5) is 30.8. The summed E-state index contributed by atoms with van der Waals surface area (Å²) >= 11 is 9.37. The van der Waals surface area contributed by atoms with Gasteiger partial charge in [0.2, 0.25) is 5.91 Å². The highest BCUT2D eigenvalue weighted by Crippen LogP contribution is 2.21. The maximum Gasteiger partial charge on any atom is 0.282 e. The van der Waals surface area contributed by atoms with Crippen molar-refractivity contribution in [2.75, 3.05) is 5.32 Å². The number of fused-ring (bicyclic) bond motifs is 2. The van der Waals surface area contributed by atoms with E-state index in [0.717, 1.165) is 27.4 Å². The molecule has 9 heteroatoms. The van der Waals surface area contributed by atoms with Gasteiger partial charge >= 0.3 is 0 Å². The Balaban J connectivity index is 1.50. The van der Waals surface area contributed by atoms with Crippen molar-refractivity contribution in [2.45, 2.75) is 26.3 Å². The fourth-order valence-electron chi connectivity index (χ4n) is 4.22. The Morgan fingerprint density at radius 2 is 1.89 bits per heavy atom. The molecule has 2 heterocycles. The van der Waals surface area contributed by atoms with Gasteiger partial charge in [-0.3, -0.25) is 9.59 Å². The fraction of sp³-hybridized carbons (Fsp3) is 0.143. The molecule has 0 aliphatic carbocycles. The quantitative estimate of drug-likeness (QED) is 0.233. The third-order valence-corrected chi connectivity index (χ3v) is 6.67. The van der Waals surface area contributed by atoms with Crippen LogP contribution < -0.4 is 10.9 Å². The van der Waals surface area contributed by atoms with E-state index in [1.54, 1.807) is 36.5 Å². The first kappa shape index (κ1) is 24.9. The summed E-state index contributed by atoms with van der Waals surface area (Å²) in [5.74, 6) is 0.432. The number of benzene rings is 3. The van der Waals surface area contributed by atoms with Crippen LogP contribution in [-0.2, 0) is 17.8 Å². The van der Waals surface area contributed by atoms with Crippen molar-refractivity contribution in [1.29, 1.82) is 0 Å². The number of nitrogens with zero attached hydrogens (tertiary/aromatic N) is 4. The van der Waals surface area contributed by atoms with E-state index >= 15 is 0 Å². The summed E-state index contributed by atoms with van der Waals surface area (Å²) in [6.45, 7) is 2.15. The molecular formula is C28H23BrClN5O2. The number of rotatable bonds is 7. The maximum atomic E-state index is 13.3. The van der Waals surface area contributed by atoms with Gasteiger partial charge in [-0.2, -0.15) is 9.78 Å². The highest BCUT2D eigenvalue weighted by molar-refractivity contribution is 9.10. The zero-order valence-corrected chi connectivity index (χ0v) is 22.3. The molecule has 0 saturated heterocycles. The zero-order chi connectivity index (χ0) is 25.9. The van der Waals surface area contributed by atoms with Crippen LogP contribution in [0.5, 0.6) is 0 Å². The lowest BCUT2D eigenvalue weighted by Crippen LogP contribution is -2.22. The molecule has 7 nitrogen and oxygen atoms in total. The molecule has 3 aromatic carbocycles. The van der Waals surface area contributed by atoms with Crippen LogP contribution in [0.3, 0.4) is 0 Å². The molecule has 0 saturated carbocycles. The van der Waals surface area contributed by atoms with E-state index in [-0.39, 0.29) is 18.0 Å². The second-order valence-corrected chi connectivity index (χ2v) is 9.94. The summed E-state index contributed by atoms with van der Waals surface area (Å²) in [6.07, 6.45) is 4.96. The van der Waals surface area contributed by atoms with Crippen molar-refractivity contribution >= 4 is 67.1 Å². The Labute approximate surface area is 226 Å². The molecular weight excluding hydrogens is 554 g/mol. The first-order valence-corrected chi connectivity index (χ1v) is 13.0. The zero-order valence-electron chi connectivity index (χ0n) is 20.0. The first-order valence-electron chi connectivity index (χ1n) is 11.8. The number of carbonyl (C=O) groups is 1. The van der Waals surface area contributed by atoms with E-state index in [1.807, 2.05) is 54.1 Å². The molecule has 0 aliphatic heterocycles. The van der Waals surface area contributed by atoms with Crippen molar-refractivity contribution in [3.05, 3.63) is 104 Å². The third-order valence-electron chi connectivity index (χ3n) is 5.92. The summed E-state index contributed by atoms with van der Waals surface area (Å²) < 4.78 is 4.04. The number of halogens is 2. The van der Waals surface area contributed by atoms with Gasteiger partial charge in [-0.25, -0.2) is 4.98 Å². The van der Waals surface area contributed by atoms with Crippen molar-refractivity contribution in [1.82, 2.24) is 14.2 Å². The Hall–Kier alpha value is -3.75. The second-order valence-electron chi connectivity index (χ2n) is 8.59. The van der Waals surface area contributed by atoms with Crippen LogP contribution in [0.15, 0.2) is 87.3 Å². The minimum absolute atomic E-state index is 0.115. The van der Waals surface area contributed by atoms with Gasteiger partial charge in [0.1, 0.15) is 12.4 Å². The first-order chi connectivity index (χ1) is 17.9. The molecule has 0 atom stereocenters. The molecule has 0 aliphatic rings. The smallest absolute Gasteiger partial charge is 0.282 e. The highest BCUT2D eigenvalue weighted by atomic mass is 79.9. The van der Waals surface area contributed by atoms with Crippen LogP contribution >= 0.6 is 27.5 Å². The Morgan fingerprint density at radius 3 is 2.68 bits per heavy atom. The molecule has 0 spiro atoms. The minimum atomic E-state index is -0.225. The van der Waals surface area contributed by atoms with Crippen molar-refractivity contribution in [3.8, 4) is 0 Å². The molecule has 0 fully saturated rings. The number of hydrogen-bond acceptors (Lipinski definition) is 4. The number of carbonyl (C=O) groups excluding carboxylic acids is 1. The number of aryl methyl sites for hydroxylation is 1. The maximum absolute atomic E-state index is 13.3. The predicted molar refractivity (Wildman–Crippen MR) is 153 cm³/mol. The van der Waals surface area contributed by atoms with Gasteiger partial charge in [-0.15, -0.1) is 0 Å². The summed E-state index contributed by atoms with van der Waals surface area (Å²) in [6, 6.07) is 20.2. The standard InChI is InChI=1S/C28H23BrClN5O2/c1-2-5-26-33-24-13-8-19(29)14-23(24)28(37)35(26)31-15-18-16-34(25-7-4-3-6-22(18)25)17-27(36)32-21-11-9-20(30)10-12-21/h3-4,6-16H,2,5,17H2,1H3,(H,32,36). The number of nitrogens with one attached hydrogen (secondary N) is 1. The molecule has 2 aromatic heterocycles. The lowest BCUT2D eigenvalue weighted by Gasteiger charge is -2.08. The topological polar surface area (TPSA) is 81.3 Å². The molecule has 186 valence electrons. The molecule has 0 unspecified atom stereocenters. The van der Waals surface area contributed by atoms with E-state index in [2.05, 4.69) is 26.3 Å². The van der Waals surface area contributed by atoms with Crippen LogP contribution in [0.2, 0.25) is 5.02 Å². The van der Waals surface area contributed by atoms with Crippen LogP contribution in [0.1, 0.15) is 24.7 Å². The van der Waals surface area contributed by atoms with E-state index < -0.39 is 0 Å². The number of anilines is 1. The summed E-state index contributed by atoms with van der Waals surface area (Å²) in [5, 5.41) is 9.48. The van der Waals surface area contributed by atoms with E-state index in [9.17, 15) is 9.59 Å². The number of para-hydroxylation sites is 1. The summed E-state index contributed by atoms with van der Waals surface area (Å²) in [5.41, 5.74) is 2.77. The average Bonchev–Trinajstić information content (AvgIpc) is 3.23. The van der Waals surface area contributed by atoms with Crippen LogP contribution in [0.25, 0.3) is 21.8 Å². The van der Waals surface area contributed by atoms with Gasteiger partial charge in [-0.1, -0.05) is 52.7 Å². The van der Waals surface area contributed by atoms with Gasteiger partial charge in [0.25, 0.3) is 5.56 Å².